The van der Waals surface area contributed by atoms with E-state index in [-0.39, 0.29) is 10.7 Å². The number of likely N-dealkylation sites (tertiary alicyclic amines) is 1. The van der Waals surface area contributed by atoms with Crippen molar-refractivity contribution in [1.29, 1.82) is 0 Å². The normalized spacial score (nSPS) is 25.8. The maximum Gasteiger partial charge on any atom is 0.236 e. The molecule has 1 aliphatic heterocycles. The number of hydrogen-bond donors (Lipinski definition) is 0. The van der Waals surface area contributed by atoms with Gasteiger partial charge < -0.3 is 4.90 Å². The summed E-state index contributed by atoms with van der Waals surface area (Å²) in [5, 5.41) is 0. The number of alkyl halides is 1. The zero-order valence-electron chi connectivity index (χ0n) is 8.42. The van der Waals surface area contributed by atoms with Gasteiger partial charge in [-0.1, -0.05) is 29.8 Å². The monoisotopic (exact) mass is 247 g/mol. The van der Waals surface area contributed by atoms with Crippen LogP contribution in [0.25, 0.3) is 0 Å². The first-order valence-corrected chi connectivity index (χ1v) is 5.99. The maximum atomic E-state index is 11.8. The lowest BCUT2D eigenvalue weighted by atomic mass is 10.00. The molecule has 1 rings (SSSR count). The molecular weight excluding hydrogens is 230 g/mol. The first kappa shape index (κ1) is 11.0. The summed E-state index contributed by atoms with van der Waals surface area (Å²) in [5.74, 6) is 0.948. The molecular formula is C10H18BrNO. The molecule has 3 heteroatoms. The van der Waals surface area contributed by atoms with Gasteiger partial charge in [0.2, 0.25) is 5.91 Å². The average molecular weight is 248 g/mol. The summed E-state index contributed by atoms with van der Waals surface area (Å²) in [6.07, 6.45) is 3.31. The SMILES string of the molecule is CC[C@@H](Br)C(=O)N1CCC[C@H](C)C1. The molecule has 0 aromatic heterocycles. The number of amides is 1. The summed E-state index contributed by atoms with van der Waals surface area (Å²) in [6.45, 7) is 6.14. The van der Waals surface area contributed by atoms with Crippen LogP contribution < -0.4 is 0 Å². The van der Waals surface area contributed by atoms with Crippen molar-refractivity contribution >= 4 is 21.8 Å². The second-order valence-corrected chi connectivity index (χ2v) is 5.01. The number of nitrogens with zero attached hydrogens (tertiary/aromatic N) is 1. The second-order valence-electron chi connectivity index (χ2n) is 3.91. The Labute approximate surface area is 88.8 Å². The third kappa shape index (κ3) is 2.97. The fourth-order valence-electron chi connectivity index (χ4n) is 1.76. The predicted molar refractivity (Wildman–Crippen MR) is 58.0 cm³/mol. The fourth-order valence-corrected chi connectivity index (χ4v) is 2.05. The highest BCUT2D eigenvalue weighted by Crippen LogP contribution is 2.18. The molecule has 13 heavy (non-hydrogen) atoms. The van der Waals surface area contributed by atoms with Gasteiger partial charge in [-0.2, -0.15) is 0 Å². The molecule has 0 saturated carbocycles. The van der Waals surface area contributed by atoms with Crippen LogP contribution in [0.15, 0.2) is 0 Å². The number of hydrogen-bond acceptors (Lipinski definition) is 1. The lowest BCUT2D eigenvalue weighted by Gasteiger charge is -2.32. The van der Waals surface area contributed by atoms with Crippen LogP contribution >= 0.6 is 15.9 Å². The van der Waals surface area contributed by atoms with E-state index in [9.17, 15) is 4.79 Å². The van der Waals surface area contributed by atoms with Crippen molar-refractivity contribution in [3.63, 3.8) is 0 Å². The van der Waals surface area contributed by atoms with E-state index >= 15 is 0 Å². The molecule has 1 heterocycles. The fraction of sp³-hybridized carbons (Fsp3) is 0.900. The third-order valence-electron chi connectivity index (χ3n) is 2.60. The molecule has 1 aliphatic rings. The highest BCUT2D eigenvalue weighted by Gasteiger charge is 2.24. The minimum absolute atomic E-state index is 0.0257. The molecule has 1 fully saturated rings. The zero-order chi connectivity index (χ0) is 9.84. The van der Waals surface area contributed by atoms with Gasteiger partial charge in [0, 0.05) is 13.1 Å². The molecule has 0 N–H and O–H groups in total. The smallest absolute Gasteiger partial charge is 0.236 e. The minimum Gasteiger partial charge on any atom is -0.341 e. The summed E-state index contributed by atoms with van der Waals surface area (Å²) in [6, 6.07) is 0. The Morgan fingerprint density at radius 1 is 1.69 bits per heavy atom. The molecule has 2 atom stereocenters. The molecule has 0 bridgehead atoms. The number of carbonyl (C=O) groups is 1. The molecule has 0 aromatic carbocycles. The standard InChI is InChI=1S/C10H18BrNO/c1-3-9(11)10(13)12-6-4-5-8(2)7-12/h8-9H,3-7H2,1-2H3/t8-,9+/m0/s1. The Morgan fingerprint density at radius 3 is 2.92 bits per heavy atom. The molecule has 76 valence electrons. The van der Waals surface area contributed by atoms with Crippen LogP contribution in [0.2, 0.25) is 0 Å². The van der Waals surface area contributed by atoms with Gasteiger partial charge in [-0.05, 0) is 25.2 Å². The molecule has 1 amide bonds. The Morgan fingerprint density at radius 2 is 2.38 bits per heavy atom. The Kier molecular flexibility index (Phi) is 4.23. The van der Waals surface area contributed by atoms with Gasteiger partial charge >= 0.3 is 0 Å². The van der Waals surface area contributed by atoms with E-state index in [2.05, 4.69) is 22.9 Å². The van der Waals surface area contributed by atoms with E-state index in [0.29, 0.717) is 5.92 Å². The topological polar surface area (TPSA) is 20.3 Å². The number of carbonyl (C=O) groups excluding carboxylic acids is 1. The molecule has 0 radical (unpaired) electrons. The van der Waals surface area contributed by atoms with Crippen molar-refractivity contribution in [2.45, 2.75) is 37.9 Å². The highest BCUT2D eigenvalue weighted by atomic mass is 79.9. The van der Waals surface area contributed by atoms with Gasteiger partial charge in [-0.25, -0.2) is 0 Å². The minimum atomic E-state index is 0.0257. The quantitative estimate of drug-likeness (QED) is 0.687. The Balaban J connectivity index is 2.46. The van der Waals surface area contributed by atoms with E-state index in [1.54, 1.807) is 0 Å². The second kappa shape index (κ2) is 4.99. The number of halogens is 1. The van der Waals surface area contributed by atoms with Crippen molar-refractivity contribution in [1.82, 2.24) is 4.90 Å². The van der Waals surface area contributed by atoms with E-state index < -0.39 is 0 Å². The highest BCUT2D eigenvalue weighted by molar-refractivity contribution is 9.10. The van der Waals surface area contributed by atoms with Gasteiger partial charge in [0.25, 0.3) is 0 Å². The number of piperidine rings is 1. The Hall–Kier alpha value is -0.0500. The van der Waals surface area contributed by atoms with Crippen LogP contribution in [-0.2, 0) is 4.79 Å². The molecule has 1 saturated heterocycles. The summed E-state index contributed by atoms with van der Waals surface area (Å²) >= 11 is 3.41. The van der Waals surface area contributed by atoms with Crippen LogP contribution in [0.5, 0.6) is 0 Å². The largest absolute Gasteiger partial charge is 0.341 e. The van der Waals surface area contributed by atoms with Crippen LogP contribution in [0, 0.1) is 5.92 Å². The van der Waals surface area contributed by atoms with Gasteiger partial charge in [-0.3, -0.25) is 4.79 Å². The van der Waals surface area contributed by atoms with E-state index in [1.807, 2.05) is 11.8 Å². The summed E-state index contributed by atoms with van der Waals surface area (Å²) in [7, 11) is 0. The molecule has 0 aromatic rings. The van der Waals surface area contributed by atoms with Crippen LogP contribution in [0.4, 0.5) is 0 Å². The summed E-state index contributed by atoms with van der Waals surface area (Å²) in [5.41, 5.74) is 0. The van der Waals surface area contributed by atoms with Gasteiger partial charge in [0.05, 0.1) is 4.83 Å². The van der Waals surface area contributed by atoms with Crippen molar-refractivity contribution in [2.24, 2.45) is 5.92 Å². The zero-order valence-corrected chi connectivity index (χ0v) is 10.0. The van der Waals surface area contributed by atoms with Gasteiger partial charge in [0.1, 0.15) is 0 Å². The molecule has 2 nitrogen and oxygen atoms in total. The lowest BCUT2D eigenvalue weighted by Crippen LogP contribution is -2.42. The average Bonchev–Trinajstić information content (AvgIpc) is 2.15. The van der Waals surface area contributed by atoms with Crippen molar-refractivity contribution < 1.29 is 4.79 Å². The molecule has 0 unspecified atom stereocenters. The summed E-state index contributed by atoms with van der Waals surface area (Å²) in [4.78, 5) is 13.8. The van der Waals surface area contributed by atoms with Crippen molar-refractivity contribution in [3.05, 3.63) is 0 Å². The first-order chi connectivity index (χ1) is 6.15. The van der Waals surface area contributed by atoms with E-state index in [4.69, 9.17) is 0 Å². The lowest BCUT2D eigenvalue weighted by molar-refractivity contribution is -0.132. The van der Waals surface area contributed by atoms with Crippen molar-refractivity contribution in [2.75, 3.05) is 13.1 Å². The third-order valence-corrected chi connectivity index (χ3v) is 3.63. The van der Waals surface area contributed by atoms with Crippen LogP contribution in [0.1, 0.15) is 33.1 Å². The van der Waals surface area contributed by atoms with Gasteiger partial charge in [0.15, 0.2) is 0 Å². The van der Waals surface area contributed by atoms with Crippen molar-refractivity contribution in [3.8, 4) is 0 Å². The Bertz CT molecular complexity index is 184. The van der Waals surface area contributed by atoms with E-state index in [1.165, 1.54) is 6.42 Å². The number of rotatable bonds is 2. The maximum absolute atomic E-state index is 11.8. The first-order valence-electron chi connectivity index (χ1n) is 5.08. The molecule has 0 spiro atoms. The van der Waals surface area contributed by atoms with E-state index in [0.717, 1.165) is 25.9 Å². The summed E-state index contributed by atoms with van der Waals surface area (Å²) < 4.78 is 0. The molecule has 0 aliphatic carbocycles. The van der Waals surface area contributed by atoms with Gasteiger partial charge in [-0.15, -0.1) is 0 Å². The predicted octanol–water partition coefficient (Wildman–Crippen LogP) is 2.42. The van der Waals surface area contributed by atoms with Crippen LogP contribution in [-0.4, -0.2) is 28.7 Å². The van der Waals surface area contributed by atoms with Crippen LogP contribution in [0.3, 0.4) is 0 Å².